The van der Waals surface area contributed by atoms with Gasteiger partial charge < -0.3 is 19.0 Å². The lowest BCUT2D eigenvalue weighted by Crippen LogP contribution is -2.37. The van der Waals surface area contributed by atoms with E-state index in [1.54, 1.807) is 6.07 Å². The minimum Gasteiger partial charge on any atom is -0.443 e. The second-order valence-electron chi connectivity index (χ2n) is 10.3. The van der Waals surface area contributed by atoms with E-state index in [0.717, 1.165) is 23.0 Å². The monoisotopic (exact) mass is 502 g/mol. The minimum absolute atomic E-state index is 0.182. The second-order valence-corrected chi connectivity index (χ2v) is 10.3. The van der Waals surface area contributed by atoms with E-state index in [2.05, 4.69) is 0 Å². The van der Waals surface area contributed by atoms with Gasteiger partial charge in [-0.2, -0.15) is 0 Å². The van der Waals surface area contributed by atoms with E-state index >= 15 is 0 Å². The molecule has 0 saturated carbocycles. The lowest BCUT2D eigenvalue weighted by molar-refractivity contribution is -0.112. The average molecular weight is 503 g/mol. The van der Waals surface area contributed by atoms with Crippen LogP contribution in [0.2, 0.25) is 0 Å². The molecule has 1 fully saturated rings. The van der Waals surface area contributed by atoms with Crippen molar-refractivity contribution in [1.29, 1.82) is 0 Å². The first-order valence-corrected chi connectivity index (χ1v) is 12.5. The molecule has 1 aromatic heterocycles. The molecule has 2 aromatic carbocycles. The van der Waals surface area contributed by atoms with Crippen LogP contribution in [0, 0.1) is 0 Å². The van der Waals surface area contributed by atoms with Crippen LogP contribution in [0.1, 0.15) is 49.6 Å². The first-order chi connectivity index (χ1) is 17.8. The maximum absolute atomic E-state index is 13.3. The zero-order valence-electron chi connectivity index (χ0n) is 21.7. The van der Waals surface area contributed by atoms with Gasteiger partial charge in [-0.3, -0.25) is 4.90 Å². The first-order valence-electron chi connectivity index (χ1n) is 12.5. The van der Waals surface area contributed by atoms with Crippen LogP contribution in [-0.2, 0) is 44.2 Å². The summed E-state index contributed by atoms with van der Waals surface area (Å²) < 4.78 is 17.4. The lowest BCUT2D eigenvalue weighted by atomic mass is 9.80. The molecule has 194 valence electrons. The Morgan fingerprint density at radius 1 is 1.00 bits per heavy atom. The number of hydrogen-bond donors (Lipinski definition) is 0. The van der Waals surface area contributed by atoms with Gasteiger partial charge in [-0.25, -0.2) is 9.78 Å². The Bertz CT molecular complexity index is 1190. The molecule has 1 aliphatic heterocycles. The Labute approximate surface area is 218 Å². The predicted octanol–water partition coefficient (Wildman–Crippen LogP) is 5.60. The lowest BCUT2D eigenvalue weighted by Gasteiger charge is -2.29. The van der Waals surface area contributed by atoms with E-state index in [-0.39, 0.29) is 13.2 Å². The summed E-state index contributed by atoms with van der Waals surface area (Å²) in [6, 6.07) is 23.2. The molecule has 1 atom stereocenters. The molecular weight excluding hydrogens is 468 g/mol. The molecule has 0 spiro atoms. The molecule has 1 amide bonds. The van der Waals surface area contributed by atoms with Crippen LogP contribution < -0.4 is 4.90 Å². The number of anilines is 1. The van der Waals surface area contributed by atoms with E-state index in [0.29, 0.717) is 37.8 Å². The van der Waals surface area contributed by atoms with Gasteiger partial charge in [-0.1, -0.05) is 66.7 Å². The molecule has 0 radical (unpaired) electrons. The largest absolute Gasteiger partial charge is 0.443 e. The van der Waals surface area contributed by atoms with Crippen molar-refractivity contribution >= 4 is 18.2 Å². The third-order valence-corrected chi connectivity index (χ3v) is 6.20. The van der Waals surface area contributed by atoms with Crippen LogP contribution in [0.3, 0.4) is 0 Å². The Morgan fingerprint density at radius 2 is 1.68 bits per heavy atom. The predicted molar refractivity (Wildman–Crippen MR) is 141 cm³/mol. The van der Waals surface area contributed by atoms with Crippen LogP contribution in [0.15, 0.2) is 72.8 Å². The topological polar surface area (TPSA) is 78.0 Å². The van der Waals surface area contributed by atoms with Crippen LogP contribution >= 0.6 is 0 Å². The highest BCUT2D eigenvalue weighted by Gasteiger charge is 2.39. The van der Waals surface area contributed by atoms with Crippen molar-refractivity contribution in [2.24, 2.45) is 0 Å². The van der Waals surface area contributed by atoms with Crippen molar-refractivity contribution < 1.29 is 23.8 Å². The summed E-state index contributed by atoms with van der Waals surface area (Å²) in [6.07, 6.45) is 1.03. The van der Waals surface area contributed by atoms with E-state index in [4.69, 9.17) is 19.2 Å². The highest BCUT2D eigenvalue weighted by atomic mass is 16.6. The van der Waals surface area contributed by atoms with E-state index in [1.165, 1.54) is 4.90 Å². The number of rotatable bonds is 9. The van der Waals surface area contributed by atoms with Gasteiger partial charge in [0.25, 0.3) is 0 Å². The summed E-state index contributed by atoms with van der Waals surface area (Å²) in [4.78, 5) is 32.0. The molecule has 7 heteroatoms. The van der Waals surface area contributed by atoms with Gasteiger partial charge in [0.1, 0.15) is 17.7 Å². The van der Waals surface area contributed by atoms with E-state index in [9.17, 15) is 9.59 Å². The van der Waals surface area contributed by atoms with Gasteiger partial charge in [0, 0.05) is 6.61 Å². The molecule has 0 N–H and O–H groups in total. The minimum atomic E-state index is -0.785. The van der Waals surface area contributed by atoms with E-state index < -0.39 is 17.1 Å². The molecule has 0 bridgehead atoms. The molecule has 1 aliphatic rings. The number of ether oxygens (including phenoxy) is 3. The molecular formula is C30H34N2O5. The highest BCUT2D eigenvalue weighted by molar-refractivity contribution is 5.86. The van der Waals surface area contributed by atoms with Crippen LogP contribution in [0.25, 0.3) is 0 Å². The summed E-state index contributed by atoms with van der Waals surface area (Å²) in [5.74, 6) is 0.431. The molecule has 2 heterocycles. The van der Waals surface area contributed by atoms with Gasteiger partial charge in [-0.05, 0) is 49.9 Å². The number of aldehydes is 1. The molecule has 4 rings (SSSR count). The summed E-state index contributed by atoms with van der Waals surface area (Å²) in [6.45, 7) is 7.16. The first kappa shape index (κ1) is 26.5. The highest BCUT2D eigenvalue weighted by Crippen LogP contribution is 2.35. The SMILES string of the molecule is CC(C)(C)OC(=O)N(Cc1ccccc1)c1ccc(C2(C=O)CCOC2)c(COCc2ccccc2)n1. The van der Waals surface area contributed by atoms with Crippen LogP contribution in [0.5, 0.6) is 0 Å². The number of hydrogen-bond acceptors (Lipinski definition) is 6. The Hall–Kier alpha value is -3.55. The molecule has 3 aromatic rings. The number of aromatic nitrogens is 1. The Balaban J connectivity index is 1.69. The third kappa shape index (κ3) is 6.81. The quantitative estimate of drug-likeness (QED) is 0.355. The number of nitrogens with zero attached hydrogens (tertiary/aromatic N) is 2. The van der Waals surface area contributed by atoms with Crippen molar-refractivity contribution in [2.45, 2.75) is 58.0 Å². The van der Waals surface area contributed by atoms with Gasteiger partial charge >= 0.3 is 6.09 Å². The van der Waals surface area contributed by atoms with E-state index in [1.807, 2.05) is 87.5 Å². The fraction of sp³-hybridized carbons (Fsp3) is 0.367. The van der Waals surface area contributed by atoms with Crippen LogP contribution in [-0.4, -0.2) is 36.2 Å². The molecule has 7 nitrogen and oxygen atoms in total. The number of amides is 1. The zero-order valence-corrected chi connectivity index (χ0v) is 21.7. The van der Waals surface area contributed by atoms with Gasteiger partial charge in [-0.15, -0.1) is 0 Å². The number of pyridine rings is 1. The van der Waals surface area contributed by atoms with Crippen molar-refractivity contribution in [3.8, 4) is 0 Å². The summed E-state index contributed by atoms with van der Waals surface area (Å²) >= 11 is 0. The van der Waals surface area contributed by atoms with Crippen LogP contribution in [0.4, 0.5) is 10.6 Å². The second kappa shape index (κ2) is 11.7. The van der Waals surface area contributed by atoms with Crippen molar-refractivity contribution in [1.82, 2.24) is 4.98 Å². The Kier molecular flexibility index (Phi) is 8.36. The summed E-state index contributed by atoms with van der Waals surface area (Å²) in [7, 11) is 0. The molecule has 1 saturated heterocycles. The number of carbonyl (C=O) groups is 2. The molecule has 37 heavy (non-hydrogen) atoms. The normalized spacial score (nSPS) is 17.4. The fourth-order valence-corrected chi connectivity index (χ4v) is 4.32. The summed E-state index contributed by atoms with van der Waals surface area (Å²) in [5, 5.41) is 0. The van der Waals surface area contributed by atoms with Gasteiger partial charge in [0.2, 0.25) is 0 Å². The zero-order chi connectivity index (χ0) is 26.3. The average Bonchev–Trinajstić information content (AvgIpc) is 3.38. The molecule has 1 unspecified atom stereocenters. The number of benzene rings is 2. The Morgan fingerprint density at radius 3 is 2.27 bits per heavy atom. The van der Waals surface area contributed by atoms with Crippen molar-refractivity contribution in [3.05, 3.63) is 95.2 Å². The molecule has 0 aliphatic carbocycles. The smallest absolute Gasteiger partial charge is 0.416 e. The summed E-state index contributed by atoms with van der Waals surface area (Å²) in [5.41, 5.74) is 1.89. The third-order valence-electron chi connectivity index (χ3n) is 6.20. The van der Waals surface area contributed by atoms with Gasteiger partial charge in [0.05, 0.1) is 37.5 Å². The maximum atomic E-state index is 13.3. The standard InChI is InChI=1S/C30H34N2O5/c1-29(2,3)37-28(34)32(18-23-10-6-4-7-11-23)27-15-14-25(30(21-33)16-17-35-22-30)26(31-27)20-36-19-24-12-8-5-9-13-24/h4-15,21H,16-20,22H2,1-3H3. The maximum Gasteiger partial charge on any atom is 0.416 e. The number of carbonyl (C=O) groups excluding carboxylic acids is 2. The fourth-order valence-electron chi connectivity index (χ4n) is 4.32. The van der Waals surface area contributed by atoms with Crippen molar-refractivity contribution in [3.63, 3.8) is 0 Å². The van der Waals surface area contributed by atoms with Gasteiger partial charge in [0.15, 0.2) is 0 Å². The van der Waals surface area contributed by atoms with Crippen molar-refractivity contribution in [2.75, 3.05) is 18.1 Å².